The van der Waals surface area contributed by atoms with Gasteiger partial charge in [-0.15, -0.1) is 0 Å². The summed E-state index contributed by atoms with van der Waals surface area (Å²) in [6, 6.07) is 0.108. The van der Waals surface area contributed by atoms with Gasteiger partial charge in [0.2, 0.25) is 0 Å². The Bertz CT molecular complexity index is 199. The lowest BCUT2D eigenvalue weighted by Gasteiger charge is -2.28. The van der Waals surface area contributed by atoms with Crippen molar-refractivity contribution in [2.24, 2.45) is 11.7 Å². The van der Waals surface area contributed by atoms with Gasteiger partial charge in [0.1, 0.15) is 6.61 Å². The van der Waals surface area contributed by atoms with Gasteiger partial charge < -0.3 is 15.2 Å². The maximum absolute atomic E-state index is 11.7. The normalized spacial score (nSPS) is 27.0. The maximum atomic E-state index is 11.7. The zero-order chi connectivity index (χ0) is 12.0. The lowest BCUT2D eigenvalue weighted by atomic mass is 9.92. The summed E-state index contributed by atoms with van der Waals surface area (Å²) in [6.45, 7) is 0.256. The molecule has 1 heterocycles. The fourth-order valence-corrected chi connectivity index (χ4v) is 1.75. The minimum atomic E-state index is -4.23. The van der Waals surface area contributed by atoms with Gasteiger partial charge in [-0.2, -0.15) is 13.2 Å². The van der Waals surface area contributed by atoms with Crippen LogP contribution in [0.15, 0.2) is 0 Å². The van der Waals surface area contributed by atoms with Crippen molar-refractivity contribution in [3.63, 3.8) is 0 Å². The molecule has 0 bridgehead atoms. The van der Waals surface area contributed by atoms with Gasteiger partial charge in [0, 0.05) is 19.3 Å². The molecule has 2 N–H and O–H groups in total. The van der Waals surface area contributed by atoms with Gasteiger partial charge in [0.15, 0.2) is 0 Å². The molecule has 0 aromatic heterocycles. The number of halogens is 3. The Morgan fingerprint density at radius 1 is 1.38 bits per heavy atom. The smallest absolute Gasteiger partial charge is 0.381 e. The van der Waals surface area contributed by atoms with E-state index in [-0.39, 0.29) is 18.6 Å². The second kappa shape index (κ2) is 6.42. The number of ether oxygens (including phenoxy) is 2. The van der Waals surface area contributed by atoms with E-state index in [2.05, 4.69) is 4.74 Å². The highest BCUT2D eigenvalue weighted by Crippen LogP contribution is 2.19. The molecule has 0 aromatic rings. The molecule has 0 aliphatic carbocycles. The van der Waals surface area contributed by atoms with Crippen molar-refractivity contribution >= 4 is 0 Å². The number of alkyl halides is 3. The Hall–Kier alpha value is -0.330. The van der Waals surface area contributed by atoms with Crippen LogP contribution in [0.25, 0.3) is 0 Å². The Balaban J connectivity index is 2.02. The van der Waals surface area contributed by atoms with Gasteiger partial charge in [-0.25, -0.2) is 0 Å². The van der Waals surface area contributed by atoms with E-state index < -0.39 is 12.8 Å². The third kappa shape index (κ3) is 5.67. The predicted octanol–water partition coefficient (Wildman–Crippen LogP) is 1.71. The molecule has 96 valence electrons. The van der Waals surface area contributed by atoms with Crippen LogP contribution in [0.5, 0.6) is 0 Å². The van der Waals surface area contributed by atoms with Crippen molar-refractivity contribution in [2.75, 3.05) is 26.4 Å². The minimum Gasteiger partial charge on any atom is -0.381 e. The molecule has 16 heavy (non-hydrogen) atoms. The van der Waals surface area contributed by atoms with Crippen molar-refractivity contribution in [1.82, 2.24) is 0 Å². The summed E-state index contributed by atoms with van der Waals surface area (Å²) >= 11 is 0. The summed E-state index contributed by atoms with van der Waals surface area (Å²) in [5.74, 6) is 0.253. The van der Waals surface area contributed by atoms with Gasteiger partial charge in [0.05, 0.1) is 6.61 Å². The molecule has 1 aliphatic heterocycles. The second-order valence-corrected chi connectivity index (χ2v) is 4.10. The third-order valence-electron chi connectivity index (χ3n) is 2.66. The lowest BCUT2D eigenvalue weighted by Crippen LogP contribution is -2.38. The van der Waals surface area contributed by atoms with Gasteiger partial charge in [0.25, 0.3) is 0 Å². The van der Waals surface area contributed by atoms with E-state index in [9.17, 15) is 13.2 Å². The first-order chi connectivity index (χ1) is 7.49. The van der Waals surface area contributed by atoms with Gasteiger partial charge in [-0.05, 0) is 25.2 Å². The molecule has 6 heteroatoms. The molecule has 1 aliphatic rings. The summed E-state index contributed by atoms with van der Waals surface area (Å²) in [5.41, 5.74) is 5.86. The first-order valence-corrected chi connectivity index (χ1v) is 5.47. The highest BCUT2D eigenvalue weighted by atomic mass is 19.4. The Morgan fingerprint density at radius 3 is 2.75 bits per heavy atom. The lowest BCUT2D eigenvalue weighted by molar-refractivity contribution is -0.174. The number of nitrogens with two attached hydrogens (primary N) is 1. The van der Waals surface area contributed by atoms with Crippen LogP contribution >= 0.6 is 0 Å². The molecule has 1 rings (SSSR count). The van der Waals surface area contributed by atoms with Gasteiger partial charge in [-0.3, -0.25) is 0 Å². The van der Waals surface area contributed by atoms with Crippen LogP contribution in [-0.4, -0.2) is 38.6 Å². The van der Waals surface area contributed by atoms with E-state index in [1.54, 1.807) is 0 Å². The maximum Gasteiger partial charge on any atom is 0.411 e. The van der Waals surface area contributed by atoms with E-state index >= 15 is 0 Å². The quantitative estimate of drug-likeness (QED) is 0.745. The molecular formula is C10H18F3NO2. The van der Waals surface area contributed by atoms with Crippen LogP contribution in [0.1, 0.15) is 19.3 Å². The second-order valence-electron chi connectivity index (χ2n) is 4.10. The van der Waals surface area contributed by atoms with Crippen LogP contribution in [0.2, 0.25) is 0 Å². The van der Waals surface area contributed by atoms with Crippen LogP contribution in [0.4, 0.5) is 13.2 Å². The molecule has 2 unspecified atom stereocenters. The van der Waals surface area contributed by atoms with Crippen LogP contribution < -0.4 is 5.73 Å². The van der Waals surface area contributed by atoms with E-state index in [1.807, 2.05) is 0 Å². The van der Waals surface area contributed by atoms with Gasteiger partial charge >= 0.3 is 6.18 Å². The fourth-order valence-electron chi connectivity index (χ4n) is 1.75. The molecule has 0 saturated carbocycles. The van der Waals surface area contributed by atoms with Crippen molar-refractivity contribution in [3.05, 3.63) is 0 Å². The summed E-state index contributed by atoms with van der Waals surface area (Å²) in [7, 11) is 0. The Morgan fingerprint density at radius 2 is 2.12 bits per heavy atom. The zero-order valence-electron chi connectivity index (χ0n) is 9.13. The minimum absolute atomic E-state index is 0.108. The monoisotopic (exact) mass is 241 g/mol. The number of rotatable bonds is 5. The largest absolute Gasteiger partial charge is 0.411 e. The molecule has 2 atom stereocenters. The summed E-state index contributed by atoms with van der Waals surface area (Å²) in [5, 5.41) is 0. The topological polar surface area (TPSA) is 44.5 Å². The fraction of sp³-hybridized carbons (Fsp3) is 1.00. The first kappa shape index (κ1) is 13.7. The standard InChI is InChI=1S/C10H18F3NO2/c11-10(12,13)7-16-4-1-2-8-6-15-5-3-9(8)14/h8-9H,1-7,14H2. The van der Waals surface area contributed by atoms with Gasteiger partial charge in [-0.1, -0.05) is 0 Å². The van der Waals surface area contributed by atoms with Crippen molar-refractivity contribution < 1.29 is 22.6 Å². The van der Waals surface area contributed by atoms with Crippen LogP contribution in [0.3, 0.4) is 0 Å². The molecule has 0 spiro atoms. The van der Waals surface area contributed by atoms with E-state index in [1.165, 1.54) is 0 Å². The SMILES string of the molecule is NC1CCOCC1CCCOCC(F)(F)F. The van der Waals surface area contributed by atoms with E-state index in [0.29, 0.717) is 19.6 Å². The van der Waals surface area contributed by atoms with Crippen molar-refractivity contribution in [2.45, 2.75) is 31.5 Å². The molecule has 0 aromatic carbocycles. The van der Waals surface area contributed by atoms with Crippen LogP contribution in [0, 0.1) is 5.92 Å². The average molecular weight is 241 g/mol. The molecule has 0 amide bonds. The average Bonchev–Trinajstić information content (AvgIpc) is 2.18. The highest BCUT2D eigenvalue weighted by Gasteiger charge is 2.27. The molecule has 0 radical (unpaired) electrons. The van der Waals surface area contributed by atoms with E-state index in [0.717, 1.165) is 12.8 Å². The summed E-state index contributed by atoms with van der Waals surface area (Å²) < 4.78 is 45.0. The molecular weight excluding hydrogens is 223 g/mol. The Labute approximate surface area is 93.1 Å². The Kier molecular flexibility index (Phi) is 5.51. The third-order valence-corrected chi connectivity index (χ3v) is 2.66. The molecule has 1 fully saturated rings. The first-order valence-electron chi connectivity index (χ1n) is 5.47. The predicted molar refractivity (Wildman–Crippen MR) is 53.0 cm³/mol. The van der Waals surface area contributed by atoms with Crippen molar-refractivity contribution in [1.29, 1.82) is 0 Å². The van der Waals surface area contributed by atoms with Crippen molar-refractivity contribution in [3.8, 4) is 0 Å². The van der Waals surface area contributed by atoms with E-state index in [4.69, 9.17) is 10.5 Å². The van der Waals surface area contributed by atoms with Crippen LogP contribution in [-0.2, 0) is 9.47 Å². The summed E-state index contributed by atoms with van der Waals surface area (Å²) in [6.07, 6.45) is -2.05. The number of hydrogen-bond donors (Lipinski definition) is 1. The zero-order valence-corrected chi connectivity index (χ0v) is 9.13. The highest BCUT2D eigenvalue weighted by molar-refractivity contribution is 4.76. The molecule has 1 saturated heterocycles. The number of hydrogen-bond acceptors (Lipinski definition) is 3. The molecule has 3 nitrogen and oxygen atoms in total. The summed E-state index contributed by atoms with van der Waals surface area (Å²) in [4.78, 5) is 0.